The standard InChI is InChI=1S/C17H22FN3O.2ClH/c1-3-12-11-13(7-8-19-12)21-10-9-20-17(21)16-14(18)5-4-6-15(16)22-2;;/h4-6,9-10,12-13,19H,3,7-8,11H2,1-2H3;2*1H/t12-,13+;;/m0../s1. The van der Waals surface area contributed by atoms with Crippen LogP contribution >= 0.6 is 24.8 Å². The molecule has 2 atom stereocenters. The van der Waals surface area contributed by atoms with Gasteiger partial charge in [-0.15, -0.1) is 24.8 Å². The number of aromatic nitrogens is 2. The predicted octanol–water partition coefficient (Wildman–Crippen LogP) is 4.24. The molecular weight excluding hydrogens is 352 g/mol. The van der Waals surface area contributed by atoms with Gasteiger partial charge in [0, 0.05) is 24.5 Å². The molecule has 3 rings (SSSR count). The lowest BCUT2D eigenvalue weighted by Gasteiger charge is -2.31. The molecule has 1 aliphatic rings. The smallest absolute Gasteiger partial charge is 0.146 e. The molecule has 0 bridgehead atoms. The van der Waals surface area contributed by atoms with Crippen LogP contribution in [0.15, 0.2) is 30.6 Å². The van der Waals surface area contributed by atoms with E-state index in [-0.39, 0.29) is 30.6 Å². The van der Waals surface area contributed by atoms with Crippen LogP contribution in [0.2, 0.25) is 0 Å². The Bertz CT molecular complexity index is 651. The topological polar surface area (TPSA) is 39.1 Å². The van der Waals surface area contributed by atoms with Gasteiger partial charge in [0.2, 0.25) is 0 Å². The average Bonchev–Trinajstić information content (AvgIpc) is 3.03. The first kappa shape index (κ1) is 20.7. The Morgan fingerprint density at radius 3 is 2.88 bits per heavy atom. The van der Waals surface area contributed by atoms with Gasteiger partial charge in [0.15, 0.2) is 0 Å². The Balaban J connectivity index is 0.00000144. The number of halogens is 3. The van der Waals surface area contributed by atoms with Gasteiger partial charge in [-0.1, -0.05) is 13.0 Å². The number of rotatable bonds is 4. The Morgan fingerprint density at radius 2 is 2.17 bits per heavy atom. The summed E-state index contributed by atoms with van der Waals surface area (Å²) in [5.74, 6) is 0.873. The van der Waals surface area contributed by atoms with E-state index in [1.165, 1.54) is 6.07 Å². The van der Waals surface area contributed by atoms with E-state index in [9.17, 15) is 4.39 Å². The zero-order chi connectivity index (χ0) is 15.5. The zero-order valence-electron chi connectivity index (χ0n) is 13.9. The molecule has 2 heterocycles. The van der Waals surface area contributed by atoms with Crippen molar-refractivity contribution in [1.29, 1.82) is 0 Å². The summed E-state index contributed by atoms with van der Waals surface area (Å²) in [6, 6.07) is 5.73. The molecule has 0 saturated carbocycles. The molecule has 1 aliphatic heterocycles. The first-order valence-corrected chi connectivity index (χ1v) is 7.83. The van der Waals surface area contributed by atoms with Crippen LogP contribution in [0.5, 0.6) is 5.75 Å². The van der Waals surface area contributed by atoms with Crippen molar-refractivity contribution in [2.45, 2.75) is 38.3 Å². The maximum Gasteiger partial charge on any atom is 0.146 e. The molecule has 1 N–H and O–H groups in total. The third-order valence-electron chi connectivity index (χ3n) is 4.44. The number of methoxy groups -OCH3 is 1. The van der Waals surface area contributed by atoms with Crippen LogP contribution in [0, 0.1) is 5.82 Å². The molecule has 1 fully saturated rings. The first-order chi connectivity index (χ1) is 10.7. The summed E-state index contributed by atoms with van der Waals surface area (Å²) >= 11 is 0. The SMILES string of the molecule is CC[C@H]1C[C@H](n2ccnc2-c2c(F)cccc2OC)CCN1.Cl.Cl. The second-order valence-corrected chi connectivity index (χ2v) is 5.71. The van der Waals surface area contributed by atoms with E-state index < -0.39 is 0 Å². The van der Waals surface area contributed by atoms with E-state index in [1.807, 2.05) is 6.20 Å². The Morgan fingerprint density at radius 1 is 1.38 bits per heavy atom. The quantitative estimate of drug-likeness (QED) is 0.868. The number of hydrogen-bond acceptors (Lipinski definition) is 3. The summed E-state index contributed by atoms with van der Waals surface area (Å²) in [5.41, 5.74) is 0.446. The first-order valence-electron chi connectivity index (χ1n) is 7.83. The second-order valence-electron chi connectivity index (χ2n) is 5.71. The number of hydrogen-bond donors (Lipinski definition) is 1. The van der Waals surface area contributed by atoms with Gasteiger partial charge >= 0.3 is 0 Å². The summed E-state index contributed by atoms with van der Waals surface area (Å²) in [5, 5.41) is 3.52. The minimum atomic E-state index is -0.298. The van der Waals surface area contributed by atoms with Gasteiger partial charge in [-0.2, -0.15) is 0 Å². The number of piperidine rings is 1. The maximum atomic E-state index is 14.3. The lowest BCUT2D eigenvalue weighted by Crippen LogP contribution is -2.38. The summed E-state index contributed by atoms with van der Waals surface area (Å²) in [7, 11) is 1.56. The fourth-order valence-electron chi connectivity index (χ4n) is 3.24. The molecule has 1 aromatic heterocycles. The number of imidazole rings is 1. The van der Waals surface area contributed by atoms with Crippen molar-refractivity contribution in [3.05, 3.63) is 36.4 Å². The molecule has 0 unspecified atom stereocenters. The van der Waals surface area contributed by atoms with Crippen LogP contribution in [-0.4, -0.2) is 29.2 Å². The van der Waals surface area contributed by atoms with Crippen LogP contribution in [-0.2, 0) is 0 Å². The van der Waals surface area contributed by atoms with Crippen molar-refractivity contribution in [1.82, 2.24) is 14.9 Å². The number of benzene rings is 1. The Hall–Kier alpha value is -1.30. The molecule has 24 heavy (non-hydrogen) atoms. The number of ether oxygens (including phenoxy) is 1. The fourth-order valence-corrected chi connectivity index (χ4v) is 3.24. The highest BCUT2D eigenvalue weighted by atomic mass is 35.5. The minimum absolute atomic E-state index is 0. The van der Waals surface area contributed by atoms with E-state index in [4.69, 9.17) is 4.74 Å². The van der Waals surface area contributed by atoms with E-state index in [1.54, 1.807) is 25.4 Å². The minimum Gasteiger partial charge on any atom is -0.496 e. The molecule has 0 radical (unpaired) electrons. The van der Waals surface area contributed by atoms with Crippen LogP contribution in [0.25, 0.3) is 11.4 Å². The highest BCUT2D eigenvalue weighted by Gasteiger charge is 2.25. The molecule has 0 aliphatic carbocycles. The van der Waals surface area contributed by atoms with Crippen molar-refractivity contribution in [3.63, 3.8) is 0 Å². The maximum absolute atomic E-state index is 14.3. The Labute approximate surface area is 154 Å². The monoisotopic (exact) mass is 375 g/mol. The van der Waals surface area contributed by atoms with E-state index in [0.717, 1.165) is 25.8 Å². The molecule has 1 saturated heterocycles. The molecule has 7 heteroatoms. The van der Waals surface area contributed by atoms with E-state index >= 15 is 0 Å². The Kier molecular flexibility index (Phi) is 8.00. The van der Waals surface area contributed by atoms with Crippen molar-refractivity contribution in [2.75, 3.05) is 13.7 Å². The third kappa shape index (κ3) is 4.02. The van der Waals surface area contributed by atoms with Crippen molar-refractivity contribution >= 4 is 24.8 Å². The third-order valence-corrected chi connectivity index (χ3v) is 4.44. The van der Waals surface area contributed by atoms with Gasteiger partial charge in [0.25, 0.3) is 0 Å². The van der Waals surface area contributed by atoms with Crippen molar-refractivity contribution in [3.8, 4) is 17.1 Å². The summed E-state index contributed by atoms with van der Waals surface area (Å²) < 4.78 is 21.8. The highest BCUT2D eigenvalue weighted by molar-refractivity contribution is 5.85. The van der Waals surface area contributed by atoms with Crippen LogP contribution in [0.1, 0.15) is 32.2 Å². The highest BCUT2D eigenvalue weighted by Crippen LogP contribution is 2.35. The van der Waals surface area contributed by atoms with Crippen LogP contribution < -0.4 is 10.1 Å². The predicted molar refractivity (Wildman–Crippen MR) is 99.0 cm³/mol. The van der Waals surface area contributed by atoms with E-state index in [2.05, 4.69) is 21.8 Å². The van der Waals surface area contributed by atoms with Gasteiger partial charge in [0.05, 0.1) is 12.7 Å². The van der Waals surface area contributed by atoms with Crippen molar-refractivity contribution < 1.29 is 9.13 Å². The summed E-state index contributed by atoms with van der Waals surface area (Å²) in [4.78, 5) is 4.40. The van der Waals surface area contributed by atoms with Crippen LogP contribution in [0.3, 0.4) is 0 Å². The molecule has 4 nitrogen and oxygen atoms in total. The second kappa shape index (κ2) is 9.25. The van der Waals surface area contributed by atoms with Gasteiger partial charge in [-0.3, -0.25) is 0 Å². The molecule has 0 spiro atoms. The molecule has 134 valence electrons. The summed E-state index contributed by atoms with van der Waals surface area (Å²) in [6.07, 6.45) is 6.85. The van der Waals surface area contributed by atoms with Crippen LogP contribution in [0.4, 0.5) is 4.39 Å². The molecule has 2 aromatic rings. The molecule has 0 amide bonds. The lowest BCUT2D eigenvalue weighted by molar-refractivity contribution is 0.296. The lowest BCUT2D eigenvalue weighted by atomic mass is 9.97. The largest absolute Gasteiger partial charge is 0.496 e. The zero-order valence-corrected chi connectivity index (χ0v) is 15.5. The number of nitrogens with one attached hydrogen (secondary N) is 1. The molecule has 1 aromatic carbocycles. The van der Waals surface area contributed by atoms with E-state index in [0.29, 0.717) is 29.2 Å². The number of nitrogens with zero attached hydrogens (tertiary/aromatic N) is 2. The molecular formula is C17H24Cl2FN3O. The van der Waals surface area contributed by atoms with Crippen molar-refractivity contribution in [2.24, 2.45) is 0 Å². The fraction of sp³-hybridized carbons (Fsp3) is 0.471. The van der Waals surface area contributed by atoms with Gasteiger partial charge < -0.3 is 14.6 Å². The van der Waals surface area contributed by atoms with Gasteiger partial charge in [-0.05, 0) is 37.9 Å². The normalized spacial score (nSPS) is 20.0. The van der Waals surface area contributed by atoms with Gasteiger partial charge in [-0.25, -0.2) is 9.37 Å². The average molecular weight is 376 g/mol. The summed E-state index contributed by atoms with van der Waals surface area (Å²) in [6.45, 7) is 3.17. The van der Waals surface area contributed by atoms with Gasteiger partial charge in [0.1, 0.15) is 17.4 Å².